The number of carbonyl (C=O) groups excluding carboxylic acids is 1. The first kappa shape index (κ1) is 22.3. The zero-order valence-corrected chi connectivity index (χ0v) is 19.3. The van der Waals surface area contributed by atoms with Gasteiger partial charge in [0.15, 0.2) is 6.79 Å². The van der Waals surface area contributed by atoms with Gasteiger partial charge in [-0.3, -0.25) is 9.36 Å². The average molecular weight is 472 g/mol. The number of hydrogen-bond donors (Lipinski definition) is 0. The molecule has 32 heavy (non-hydrogen) atoms. The summed E-state index contributed by atoms with van der Waals surface area (Å²) in [6.45, 7) is 4.72. The van der Waals surface area contributed by atoms with Gasteiger partial charge in [-0.25, -0.2) is 4.79 Å². The summed E-state index contributed by atoms with van der Waals surface area (Å²) in [5.41, 5.74) is 3.41. The molecule has 0 saturated heterocycles. The molecule has 0 saturated carbocycles. The topological polar surface area (TPSA) is 66.8 Å². The lowest BCUT2D eigenvalue weighted by atomic mass is 10.1. The molecule has 4 rings (SSSR count). The number of aryl methyl sites for hydroxylation is 1. The number of fused-ring (bicyclic) bond motifs is 1. The molecule has 1 aromatic heterocycles. The van der Waals surface area contributed by atoms with Gasteiger partial charge in [0.25, 0.3) is 5.56 Å². The Morgan fingerprint density at radius 3 is 2.81 bits per heavy atom. The van der Waals surface area contributed by atoms with Crippen LogP contribution in [0.2, 0.25) is 5.02 Å². The normalized spacial score (nSPS) is 14.2. The van der Waals surface area contributed by atoms with E-state index in [1.165, 1.54) is 17.4 Å². The molecule has 2 heterocycles. The minimum Gasteiger partial charge on any atom is -0.467 e. The van der Waals surface area contributed by atoms with E-state index in [0.29, 0.717) is 26.6 Å². The van der Waals surface area contributed by atoms with E-state index in [-0.39, 0.29) is 25.5 Å². The number of carbonyl (C=O) groups is 1. The summed E-state index contributed by atoms with van der Waals surface area (Å²) in [5, 5.41) is 0.526. The van der Waals surface area contributed by atoms with Gasteiger partial charge in [-0.2, -0.15) is 0 Å². The summed E-state index contributed by atoms with van der Waals surface area (Å²) in [5.74, 6) is 0.159. The second-order valence-corrected chi connectivity index (χ2v) is 8.81. The lowest BCUT2D eigenvalue weighted by Gasteiger charge is -2.21. The Balaban J connectivity index is 1.85. The first-order valence-corrected chi connectivity index (χ1v) is 11.3. The number of esters is 1. The zero-order chi connectivity index (χ0) is 22.7. The van der Waals surface area contributed by atoms with Gasteiger partial charge in [-0.15, -0.1) is 11.3 Å². The number of aromatic nitrogens is 1. The molecule has 0 radical (unpaired) electrons. The maximum atomic E-state index is 13.3. The summed E-state index contributed by atoms with van der Waals surface area (Å²) in [7, 11) is 0. The number of ether oxygens (including phenoxy) is 3. The van der Waals surface area contributed by atoms with Gasteiger partial charge in [-0.05, 0) is 37.6 Å². The Labute approximate surface area is 193 Å². The van der Waals surface area contributed by atoms with Crippen LogP contribution in [-0.2, 0) is 27.4 Å². The Hall–Kier alpha value is -2.87. The molecule has 2 aromatic carbocycles. The van der Waals surface area contributed by atoms with Crippen molar-refractivity contribution < 1.29 is 19.0 Å². The van der Waals surface area contributed by atoms with Gasteiger partial charge in [-0.1, -0.05) is 41.4 Å². The summed E-state index contributed by atoms with van der Waals surface area (Å²) >= 11 is 7.53. The van der Waals surface area contributed by atoms with Gasteiger partial charge in [0.1, 0.15) is 10.4 Å². The molecular weight excluding hydrogens is 450 g/mol. The maximum Gasteiger partial charge on any atom is 0.333 e. The minimum atomic E-state index is -0.498. The molecule has 3 aromatic rings. The van der Waals surface area contributed by atoms with E-state index < -0.39 is 5.97 Å². The molecule has 1 aliphatic heterocycles. The molecule has 6 nitrogen and oxygen atoms in total. The Morgan fingerprint density at radius 2 is 2.06 bits per heavy atom. The number of benzene rings is 2. The molecule has 0 N–H and O–H groups in total. The van der Waals surface area contributed by atoms with Gasteiger partial charge in [0, 0.05) is 16.1 Å². The molecular formula is C24H22ClNO5S. The third-order valence-electron chi connectivity index (χ3n) is 4.92. The lowest BCUT2D eigenvalue weighted by molar-refractivity contribution is -0.135. The van der Waals surface area contributed by atoms with Crippen LogP contribution in [0.1, 0.15) is 29.2 Å². The highest BCUT2D eigenvalue weighted by molar-refractivity contribution is 7.07. The number of thiazole rings is 1. The fraction of sp³-hybridized carbons (Fsp3) is 0.250. The molecule has 1 aliphatic rings. The van der Waals surface area contributed by atoms with E-state index in [0.717, 1.165) is 22.3 Å². The Bertz CT molecular complexity index is 1320. The van der Waals surface area contributed by atoms with Gasteiger partial charge in [0.05, 0.1) is 30.4 Å². The van der Waals surface area contributed by atoms with E-state index in [9.17, 15) is 9.59 Å². The summed E-state index contributed by atoms with van der Waals surface area (Å²) in [6, 6.07) is 11.4. The molecule has 0 spiro atoms. The minimum absolute atomic E-state index is 0.133. The van der Waals surface area contributed by atoms with Crippen molar-refractivity contribution in [3.05, 3.63) is 83.2 Å². The van der Waals surface area contributed by atoms with E-state index in [1.54, 1.807) is 23.6 Å². The van der Waals surface area contributed by atoms with Crippen LogP contribution in [0.15, 0.2) is 41.2 Å². The third-order valence-corrected chi connectivity index (χ3v) is 6.20. The van der Waals surface area contributed by atoms with Crippen LogP contribution < -0.4 is 19.5 Å². The van der Waals surface area contributed by atoms with Crippen LogP contribution in [0.25, 0.3) is 12.2 Å². The van der Waals surface area contributed by atoms with Gasteiger partial charge in [0.2, 0.25) is 0 Å². The molecule has 0 aliphatic carbocycles. The largest absolute Gasteiger partial charge is 0.467 e. The van der Waals surface area contributed by atoms with Crippen LogP contribution in [0.4, 0.5) is 0 Å². The summed E-state index contributed by atoms with van der Waals surface area (Å²) in [6.07, 6.45) is 3.17. The van der Waals surface area contributed by atoms with Crippen molar-refractivity contribution in [3.63, 3.8) is 0 Å². The fourth-order valence-corrected chi connectivity index (χ4v) is 4.73. The predicted molar refractivity (Wildman–Crippen MR) is 125 cm³/mol. The van der Waals surface area contributed by atoms with E-state index in [2.05, 4.69) is 0 Å². The standard InChI is InChI=1S/C24H22ClNO5S/c1-3-30-22(27)11-21-26(12-17-9-19(25)10-18-13-29-14-31-23(17)18)24(28)20(32-21)8-16-6-4-15(2)5-7-16/h4-11H,3,12-14H2,1-2H3/b20-8-,21-11-. The van der Waals surface area contributed by atoms with Crippen LogP contribution in [0.5, 0.6) is 5.75 Å². The van der Waals surface area contributed by atoms with E-state index >= 15 is 0 Å². The molecule has 0 amide bonds. The Morgan fingerprint density at radius 1 is 1.28 bits per heavy atom. The highest BCUT2D eigenvalue weighted by Crippen LogP contribution is 2.31. The first-order chi connectivity index (χ1) is 15.4. The fourth-order valence-electron chi connectivity index (χ4n) is 3.44. The van der Waals surface area contributed by atoms with Crippen molar-refractivity contribution in [2.24, 2.45) is 0 Å². The van der Waals surface area contributed by atoms with Crippen molar-refractivity contribution in [3.8, 4) is 5.75 Å². The molecule has 0 fully saturated rings. The monoisotopic (exact) mass is 471 g/mol. The Kier molecular flexibility index (Phi) is 6.79. The SMILES string of the molecule is CCOC(=O)/C=c1\s/c(=C\c2ccc(C)cc2)c(=O)n1Cc1cc(Cl)cc2c1OCOC2. The molecule has 0 bridgehead atoms. The van der Waals surface area contributed by atoms with Crippen LogP contribution in [-0.4, -0.2) is 23.9 Å². The quantitative estimate of drug-likeness (QED) is 0.535. The second kappa shape index (κ2) is 9.73. The van der Waals surface area contributed by atoms with Crippen molar-refractivity contribution in [2.75, 3.05) is 13.4 Å². The maximum absolute atomic E-state index is 13.3. The number of rotatable bonds is 5. The molecule has 166 valence electrons. The van der Waals surface area contributed by atoms with Gasteiger partial charge >= 0.3 is 5.97 Å². The average Bonchev–Trinajstić information content (AvgIpc) is 3.04. The molecule has 8 heteroatoms. The smallest absolute Gasteiger partial charge is 0.333 e. The van der Waals surface area contributed by atoms with Gasteiger partial charge < -0.3 is 14.2 Å². The molecule has 0 atom stereocenters. The predicted octanol–water partition coefficient (Wildman–Crippen LogP) is 2.96. The summed E-state index contributed by atoms with van der Waals surface area (Å²) < 4.78 is 18.7. The van der Waals surface area contributed by atoms with Crippen molar-refractivity contribution in [1.82, 2.24) is 4.57 Å². The van der Waals surface area contributed by atoms with Crippen LogP contribution >= 0.6 is 22.9 Å². The number of halogens is 1. The molecule has 0 unspecified atom stereocenters. The highest BCUT2D eigenvalue weighted by atomic mass is 35.5. The van der Waals surface area contributed by atoms with Crippen molar-refractivity contribution >= 4 is 41.1 Å². The highest BCUT2D eigenvalue weighted by Gasteiger charge is 2.18. The lowest BCUT2D eigenvalue weighted by Crippen LogP contribution is -2.32. The first-order valence-electron chi connectivity index (χ1n) is 10.1. The zero-order valence-electron chi connectivity index (χ0n) is 17.7. The second-order valence-electron chi connectivity index (χ2n) is 7.31. The van der Waals surface area contributed by atoms with E-state index in [4.69, 9.17) is 25.8 Å². The van der Waals surface area contributed by atoms with Crippen molar-refractivity contribution in [1.29, 1.82) is 0 Å². The van der Waals surface area contributed by atoms with Crippen LogP contribution in [0, 0.1) is 6.92 Å². The number of nitrogens with zero attached hydrogens (tertiary/aromatic N) is 1. The van der Waals surface area contributed by atoms with E-state index in [1.807, 2.05) is 37.3 Å². The van der Waals surface area contributed by atoms with Crippen molar-refractivity contribution in [2.45, 2.75) is 27.0 Å². The van der Waals surface area contributed by atoms with Crippen LogP contribution in [0.3, 0.4) is 0 Å². The third kappa shape index (κ3) is 4.96. The number of hydrogen-bond acceptors (Lipinski definition) is 6. The summed E-state index contributed by atoms with van der Waals surface area (Å²) in [4.78, 5) is 25.5.